The Morgan fingerprint density at radius 1 is 0.877 bits per heavy atom. The van der Waals surface area contributed by atoms with Crippen LogP contribution in [0, 0.1) is 0 Å². The van der Waals surface area contributed by atoms with Crippen LogP contribution in [0.5, 0.6) is 5.75 Å². The number of benzene rings is 2. The summed E-state index contributed by atoms with van der Waals surface area (Å²) in [6.07, 6.45) is 5.45. The maximum Gasteiger partial charge on any atom is 0.319 e. The molecule has 0 radical (unpaired) electrons. The molecule has 300 valence electrons. The number of nitrogens with zero attached hydrogens (tertiary/aromatic N) is 5. The number of amides is 4. The molecule has 4 fully saturated rings. The van der Waals surface area contributed by atoms with Gasteiger partial charge in [0.15, 0.2) is 0 Å². The third-order valence-electron chi connectivity index (χ3n) is 12.8. The van der Waals surface area contributed by atoms with Crippen LogP contribution < -0.4 is 15.4 Å². The number of pyridine rings is 1. The molecule has 5 aliphatic rings. The number of carbonyl (C=O) groups excluding carboxylic acids is 4. The highest BCUT2D eigenvalue weighted by Gasteiger charge is 2.46. The molecule has 4 aliphatic heterocycles. The number of nitrogens with one attached hydrogen (secondary N) is 2. The summed E-state index contributed by atoms with van der Waals surface area (Å²) in [6.45, 7) is 3.77. The predicted octanol–water partition coefficient (Wildman–Crippen LogP) is 5.51. The lowest BCUT2D eigenvalue weighted by Crippen LogP contribution is -2.61. The molecule has 0 bridgehead atoms. The Morgan fingerprint density at radius 3 is 2.37 bits per heavy atom. The third kappa shape index (κ3) is 6.66. The topological polar surface area (TPSA) is 129 Å². The summed E-state index contributed by atoms with van der Waals surface area (Å²) in [4.78, 5) is 60.3. The van der Waals surface area contributed by atoms with Gasteiger partial charge in [0.25, 0.3) is 11.8 Å². The van der Waals surface area contributed by atoms with Crippen LogP contribution in [0.2, 0.25) is 0 Å². The maximum atomic E-state index is 16.0. The Hall–Kier alpha value is -4.86. The Morgan fingerprint density at radius 2 is 1.65 bits per heavy atom. The fraction of sp³-hybridized carbons (Fsp3) is 0.500. The van der Waals surface area contributed by atoms with E-state index in [2.05, 4.69) is 39.3 Å². The van der Waals surface area contributed by atoms with E-state index in [0.29, 0.717) is 58.6 Å². The van der Waals surface area contributed by atoms with E-state index >= 15 is 4.39 Å². The van der Waals surface area contributed by atoms with Crippen LogP contribution in [0.15, 0.2) is 54.9 Å². The first-order chi connectivity index (χ1) is 27.5. The van der Waals surface area contributed by atoms with Gasteiger partial charge in [0.2, 0.25) is 11.8 Å². The van der Waals surface area contributed by atoms with E-state index in [-0.39, 0.29) is 36.0 Å². The van der Waals surface area contributed by atoms with E-state index in [0.717, 1.165) is 53.8 Å². The van der Waals surface area contributed by atoms with Gasteiger partial charge in [-0.05, 0) is 81.3 Å². The molecule has 1 aliphatic carbocycles. The number of carbonyl (C=O) groups is 4. The minimum Gasteiger partial charge on any atom is -0.490 e. The number of hydrogen-bond acceptors (Lipinski definition) is 9. The first kappa shape index (κ1) is 37.7. The zero-order valence-electron chi connectivity index (χ0n) is 31.9. The number of hydrogen-bond donors (Lipinski definition) is 2. The second kappa shape index (κ2) is 14.8. The molecule has 9 rings (SSSR count). The monoisotopic (exact) mass is 785 g/mol. The van der Waals surface area contributed by atoms with Gasteiger partial charge in [-0.3, -0.25) is 54.1 Å². The second-order valence-electron chi connectivity index (χ2n) is 16.4. The zero-order chi connectivity index (χ0) is 39.7. The van der Waals surface area contributed by atoms with Gasteiger partial charge in [0.05, 0.1) is 28.3 Å². The van der Waals surface area contributed by atoms with Crippen molar-refractivity contribution in [1.29, 1.82) is 0 Å². The maximum absolute atomic E-state index is 16.0. The van der Waals surface area contributed by atoms with Crippen molar-refractivity contribution in [3.63, 3.8) is 0 Å². The number of halogens is 3. The molecular formula is C42H46F3N7O5. The van der Waals surface area contributed by atoms with Gasteiger partial charge < -0.3 is 4.74 Å². The summed E-state index contributed by atoms with van der Waals surface area (Å²) in [5, 5.41) is 7.06. The molecule has 57 heavy (non-hydrogen) atoms. The molecular weight excluding hydrogens is 739 g/mol. The fourth-order valence-corrected chi connectivity index (χ4v) is 10.1. The fourth-order valence-electron chi connectivity index (χ4n) is 10.1. The number of ether oxygens (including phenoxy) is 1. The molecule has 2 N–H and O–H groups in total. The quantitative estimate of drug-likeness (QED) is 0.211. The molecule has 15 heteroatoms. The molecule has 4 atom stereocenters. The summed E-state index contributed by atoms with van der Waals surface area (Å²) in [6, 6.07) is 11.9. The van der Waals surface area contributed by atoms with Crippen molar-refractivity contribution in [3.8, 4) is 5.75 Å². The van der Waals surface area contributed by atoms with Crippen molar-refractivity contribution in [3.05, 3.63) is 71.5 Å². The number of piperidine rings is 3. The lowest BCUT2D eigenvalue weighted by atomic mass is 9.84. The average Bonchev–Trinajstić information content (AvgIpc) is 3.64. The first-order valence-electron chi connectivity index (χ1n) is 20.0. The van der Waals surface area contributed by atoms with Crippen molar-refractivity contribution >= 4 is 45.4 Å². The van der Waals surface area contributed by atoms with Crippen LogP contribution in [0.1, 0.15) is 97.5 Å². The number of likely N-dealkylation sites (tertiary alicyclic amines) is 1. The minimum atomic E-state index is -2.71. The van der Waals surface area contributed by atoms with Crippen molar-refractivity contribution in [2.24, 2.45) is 0 Å². The van der Waals surface area contributed by atoms with Crippen LogP contribution in [0.3, 0.4) is 0 Å². The summed E-state index contributed by atoms with van der Waals surface area (Å²) in [7, 11) is 0. The highest BCUT2D eigenvalue weighted by molar-refractivity contribution is 6.23. The highest BCUT2D eigenvalue weighted by atomic mass is 19.3. The Bertz CT molecular complexity index is 2250. The van der Waals surface area contributed by atoms with Gasteiger partial charge in [0, 0.05) is 80.2 Å². The Kier molecular flexibility index (Phi) is 9.80. The zero-order valence-corrected chi connectivity index (χ0v) is 31.9. The molecule has 1 saturated carbocycles. The van der Waals surface area contributed by atoms with Crippen LogP contribution in [-0.2, 0) is 9.59 Å². The minimum absolute atomic E-state index is 0.0593. The largest absolute Gasteiger partial charge is 0.490 e. The summed E-state index contributed by atoms with van der Waals surface area (Å²) in [5.74, 6) is -1.82. The molecule has 4 aromatic rings. The van der Waals surface area contributed by atoms with Gasteiger partial charge >= 0.3 is 6.55 Å². The molecule has 3 saturated heterocycles. The normalized spacial score (nSPS) is 27.5. The molecule has 2 aromatic heterocycles. The number of aromatic nitrogens is 2. The van der Waals surface area contributed by atoms with E-state index in [1.54, 1.807) is 36.5 Å². The van der Waals surface area contributed by atoms with Crippen LogP contribution >= 0.6 is 0 Å². The van der Waals surface area contributed by atoms with E-state index in [1.807, 2.05) is 12.1 Å². The van der Waals surface area contributed by atoms with Crippen molar-refractivity contribution < 1.29 is 37.1 Å². The number of fused-ring (bicyclic) bond motifs is 4. The molecule has 3 unspecified atom stereocenters. The van der Waals surface area contributed by atoms with Gasteiger partial charge in [-0.1, -0.05) is 12.1 Å². The standard InChI is InChI=1S/C42H46F3N7O5/c1-22(2)50(26-17-28(18-26)57-27-4-6-30-31(19-27)41(56)52(40(30)55)35-7-8-37(53)48-39(35)54)25-10-13-49(14-11-25)38-33(43)15-24(20-47-38)23-3-5-29-32-21-46-12-9-34(32)51(42(44)45)36(29)16-23/h3-6,9,12,16,19,21-22,24-26,28,33,35,38,42,47H,7-8,10-11,13-15,17-18,20H2,1-2H3,(H,48,53,54)/t24?,26?,28?,33-,35?,38?/m1/s1. The summed E-state index contributed by atoms with van der Waals surface area (Å²) >= 11 is 0. The first-order valence-corrected chi connectivity index (χ1v) is 20.0. The van der Waals surface area contributed by atoms with Crippen molar-refractivity contribution in [1.82, 2.24) is 34.9 Å². The average molecular weight is 786 g/mol. The summed E-state index contributed by atoms with van der Waals surface area (Å²) < 4.78 is 51.7. The Labute approximate surface area is 327 Å². The smallest absolute Gasteiger partial charge is 0.319 e. The van der Waals surface area contributed by atoms with E-state index < -0.39 is 48.6 Å². The molecule has 4 amide bonds. The highest BCUT2D eigenvalue weighted by Crippen LogP contribution is 2.39. The van der Waals surface area contributed by atoms with Crippen LogP contribution in [-0.4, -0.2) is 110 Å². The molecule has 2 aromatic carbocycles. The number of alkyl halides is 3. The van der Waals surface area contributed by atoms with Crippen molar-refractivity contribution in [2.45, 2.75) is 114 Å². The second-order valence-corrected chi connectivity index (χ2v) is 16.4. The van der Waals surface area contributed by atoms with E-state index in [4.69, 9.17) is 4.74 Å². The predicted molar refractivity (Wildman–Crippen MR) is 205 cm³/mol. The van der Waals surface area contributed by atoms with Gasteiger partial charge in [-0.2, -0.15) is 8.78 Å². The van der Waals surface area contributed by atoms with Gasteiger partial charge in [0.1, 0.15) is 24.1 Å². The van der Waals surface area contributed by atoms with Crippen LogP contribution in [0.4, 0.5) is 13.2 Å². The van der Waals surface area contributed by atoms with E-state index in [9.17, 15) is 28.0 Å². The van der Waals surface area contributed by atoms with Crippen molar-refractivity contribution in [2.75, 3.05) is 19.6 Å². The third-order valence-corrected chi connectivity index (χ3v) is 12.8. The number of imide groups is 2. The molecule has 6 heterocycles. The summed E-state index contributed by atoms with van der Waals surface area (Å²) in [5.41, 5.74) is 2.12. The van der Waals surface area contributed by atoms with Gasteiger partial charge in [-0.15, -0.1) is 0 Å². The lowest BCUT2D eigenvalue weighted by molar-refractivity contribution is -0.136. The molecule has 12 nitrogen and oxygen atoms in total. The Balaban J connectivity index is 0.783. The number of rotatable bonds is 9. The van der Waals surface area contributed by atoms with E-state index in [1.165, 1.54) is 6.20 Å². The SMILES string of the molecule is CC(C)N(C1CCN(C2NCC(c3ccc4c5cnccc5n(C(F)F)c4c3)C[C@H]2F)CC1)C1CC(Oc2ccc3c(c2)C(=O)N(C2CCC(=O)NC2=O)C3=O)C1. The van der Waals surface area contributed by atoms with Gasteiger partial charge in [-0.25, -0.2) is 4.39 Å². The lowest BCUT2D eigenvalue weighted by Gasteiger charge is -2.51. The van der Waals surface area contributed by atoms with Crippen LogP contribution in [0.25, 0.3) is 21.8 Å². The molecule has 0 spiro atoms.